The number of ketones is 1. The summed E-state index contributed by atoms with van der Waals surface area (Å²) < 4.78 is 17.9. The first kappa shape index (κ1) is 29.1. The number of carbonyl (C=O) groups excluding carboxylic acids is 2. The molecule has 2 heterocycles. The van der Waals surface area contributed by atoms with E-state index in [4.69, 9.17) is 19.2 Å². The first-order chi connectivity index (χ1) is 18.3. The number of ether oxygens (including phenoxy) is 3. The van der Waals surface area contributed by atoms with E-state index >= 15 is 0 Å². The van der Waals surface area contributed by atoms with Crippen molar-refractivity contribution in [2.75, 3.05) is 38.8 Å². The summed E-state index contributed by atoms with van der Waals surface area (Å²) in [5.74, 6) is 2.17. The van der Waals surface area contributed by atoms with Gasteiger partial charge in [-0.1, -0.05) is 27.2 Å². The number of amides is 1. The zero-order chi connectivity index (χ0) is 27.5. The lowest BCUT2D eigenvalue weighted by Gasteiger charge is -2.20. The Labute approximate surface area is 223 Å². The molecule has 0 saturated carbocycles. The van der Waals surface area contributed by atoms with Crippen LogP contribution in [-0.2, 0) is 14.3 Å². The number of hydrogen-bond donors (Lipinski definition) is 2. The lowest BCUT2D eigenvalue weighted by molar-refractivity contribution is -0.122. The van der Waals surface area contributed by atoms with Crippen LogP contribution in [0.15, 0.2) is 18.2 Å². The van der Waals surface area contributed by atoms with E-state index in [-0.39, 0.29) is 11.7 Å². The Bertz CT molecular complexity index is 1210. The summed E-state index contributed by atoms with van der Waals surface area (Å²) in [4.78, 5) is 29.4. The summed E-state index contributed by atoms with van der Waals surface area (Å²) in [5.41, 5.74) is 2.34. The van der Waals surface area contributed by atoms with E-state index < -0.39 is 12.1 Å². The standard InChI is InChI=1S/C27H40N6O5/c1-6-14-38-27(35)30-24(18(2)3)23(34)10-8-7-9-13-28-25-26-32-31-19(4)33(26)22-12-11-20(17-21(22)29-25)37-16-15-36-5/h11-12,17-18,24H,6-10,13-16H2,1-5H3,(H,28,29)(H,30,35)/t24-/m0/s1. The Morgan fingerprint density at radius 2 is 1.89 bits per heavy atom. The monoisotopic (exact) mass is 528 g/mol. The Kier molecular flexibility index (Phi) is 11.1. The normalized spacial score (nSPS) is 12.2. The van der Waals surface area contributed by atoms with Gasteiger partial charge in [0.1, 0.15) is 18.2 Å². The number of fused-ring (bicyclic) bond motifs is 3. The number of anilines is 1. The largest absolute Gasteiger partial charge is 0.491 e. The van der Waals surface area contributed by atoms with Gasteiger partial charge >= 0.3 is 6.09 Å². The molecular formula is C27H40N6O5. The second-order valence-corrected chi connectivity index (χ2v) is 9.56. The summed E-state index contributed by atoms with van der Waals surface area (Å²) in [7, 11) is 1.64. The lowest BCUT2D eigenvalue weighted by atomic mass is 9.96. The average molecular weight is 529 g/mol. The number of aryl methyl sites for hydroxylation is 1. The van der Waals surface area contributed by atoms with Gasteiger partial charge < -0.3 is 24.8 Å². The fourth-order valence-electron chi connectivity index (χ4n) is 4.15. The number of Topliss-reactive ketones (excluding diaryl/α,β-unsaturated/α-hetero) is 1. The van der Waals surface area contributed by atoms with Crippen LogP contribution in [0, 0.1) is 12.8 Å². The van der Waals surface area contributed by atoms with Gasteiger partial charge in [-0.25, -0.2) is 9.78 Å². The van der Waals surface area contributed by atoms with Crippen molar-refractivity contribution in [1.29, 1.82) is 0 Å². The highest BCUT2D eigenvalue weighted by Crippen LogP contribution is 2.25. The number of hydrogen-bond acceptors (Lipinski definition) is 9. The second kappa shape index (κ2) is 14.5. The number of alkyl carbamates (subject to hydrolysis) is 1. The Hall–Kier alpha value is -3.47. The second-order valence-electron chi connectivity index (χ2n) is 9.56. The van der Waals surface area contributed by atoms with Crippen molar-refractivity contribution in [2.24, 2.45) is 5.92 Å². The number of nitrogens with one attached hydrogen (secondary N) is 2. The van der Waals surface area contributed by atoms with Crippen molar-refractivity contribution in [3.63, 3.8) is 0 Å². The van der Waals surface area contributed by atoms with E-state index in [0.29, 0.717) is 44.3 Å². The highest BCUT2D eigenvalue weighted by atomic mass is 16.5. The van der Waals surface area contributed by atoms with Gasteiger partial charge in [-0.05, 0) is 44.2 Å². The SMILES string of the molecule is CCCOC(=O)N[C@H](C(=O)CCCCCNc1nc2cc(OCCOC)ccc2n2c(C)nnc12)C(C)C. The Morgan fingerprint density at radius 3 is 2.63 bits per heavy atom. The molecule has 3 rings (SSSR count). The number of unbranched alkanes of at least 4 members (excludes halogenated alkanes) is 2. The summed E-state index contributed by atoms with van der Waals surface area (Å²) in [6.07, 6.45) is 3.06. The highest BCUT2D eigenvalue weighted by molar-refractivity contribution is 5.87. The van der Waals surface area contributed by atoms with Crippen LogP contribution in [0.4, 0.5) is 10.6 Å². The quantitative estimate of drug-likeness (QED) is 0.261. The maximum absolute atomic E-state index is 12.7. The number of benzene rings is 1. The fraction of sp³-hybridized carbons (Fsp3) is 0.593. The molecule has 0 unspecified atom stereocenters. The van der Waals surface area contributed by atoms with E-state index in [2.05, 4.69) is 20.8 Å². The minimum Gasteiger partial charge on any atom is -0.491 e. The molecule has 1 aromatic carbocycles. The van der Waals surface area contributed by atoms with Crippen molar-refractivity contribution in [1.82, 2.24) is 24.9 Å². The molecule has 0 fully saturated rings. The minimum atomic E-state index is -0.535. The highest BCUT2D eigenvalue weighted by Gasteiger charge is 2.24. The third kappa shape index (κ3) is 7.77. The molecule has 0 saturated heterocycles. The third-order valence-corrected chi connectivity index (χ3v) is 6.13. The Balaban J connectivity index is 1.55. The maximum atomic E-state index is 12.7. The molecule has 11 nitrogen and oxygen atoms in total. The van der Waals surface area contributed by atoms with Crippen molar-refractivity contribution >= 4 is 34.4 Å². The van der Waals surface area contributed by atoms with Crippen molar-refractivity contribution in [2.45, 2.75) is 65.8 Å². The molecule has 2 N–H and O–H groups in total. The van der Waals surface area contributed by atoms with E-state index in [1.54, 1.807) is 7.11 Å². The molecule has 3 aromatic rings. The zero-order valence-corrected chi connectivity index (χ0v) is 23.1. The van der Waals surface area contributed by atoms with Crippen LogP contribution in [-0.4, -0.2) is 71.0 Å². The molecule has 0 aliphatic rings. The van der Waals surface area contributed by atoms with Crippen molar-refractivity contribution in [3.05, 3.63) is 24.0 Å². The van der Waals surface area contributed by atoms with Crippen LogP contribution in [0.1, 0.15) is 58.7 Å². The number of aromatic nitrogens is 4. The van der Waals surface area contributed by atoms with E-state index in [9.17, 15) is 9.59 Å². The summed E-state index contributed by atoms with van der Waals surface area (Å²) in [5, 5.41) is 14.7. The number of methoxy groups -OCH3 is 1. The molecular weight excluding hydrogens is 488 g/mol. The van der Waals surface area contributed by atoms with Gasteiger partial charge in [0.05, 0.1) is 30.3 Å². The van der Waals surface area contributed by atoms with Crippen LogP contribution < -0.4 is 15.4 Å². The van der Waals surface area contributed by atoms with Gasteiger partial charge in [0.2, 0.25) is 5.65 Å². The molecule has 208 valence electrons. The number of carbonyl (C=O) groups is 2. The first-order valence-electron chi connectivity index (χ1n) is 13.3. The molecule has 2 aromatic heterocycles. The summed E-state index contributed by atoms with van der Waals surface area (Å²) in [6, 6.07) is 5.22. The molecule has 11 heteroatoms. The summed E-state index contributed by atoms with van der Waals surface area (Å²) in [6.45, 7) is 9.66. The van der Waals surface area contributed by atoms with Crippen molar-refractivity contribution in [3.8, 4) is 5.75 Å². The molecule has 0 spiro atoms. The molecule has 0 bridgehead atoms. The smallest absolute Gasteiger partial charge is 0.407 e. The van der Waals surface area contributed by atoms with E-state index in [1.165, 1.54) is 0 Å². The van der Waals surface area contributed by atoms with Gasteiger partial charge in [0.25, 0.3) is 0 Å². The maximum Gasteiger partial charge on any atom is 0.407 e. The third-order valence-electron chi connectivity index (χ3n) is 6.13. The first-order valence-corrected chi connectivity index (χ1v) is 13.3. The van der Waals surface area contributed by atoms with Gasteiger partial charge in [-0.3, -0.25) is 9.20 Å². The molecule has 38 heavy (non-hydrogen) atoms. The molecule has 1 atom stereocenters. The summed E-state index contributed by atoms with van der Waals surface area (Å²) >= 11 is 0. The van der Waals surface area contributed by atoms with Crippen LogP contribution in [0.2, 0.25) is 0 Å². The zero-order valence-electron chi connectivity index (χ0n) is 23.1. The van der Waals surface area contributed by atoms with Crippen LogP contribution in [0.5, 0.6) is 5.75 Å². The van der Waals surface area contributed by atoms with Crippen molar-refractivity contribution < 1.29 is 23.8 Å². The van der Waals surface area contributed by atoms with Gasteiger partial charge in [-0.2, -0.15) is 0 Å². The van der Waals surface area contributed by atoms with Crippen LogP contribution >= 0.6 is 0 Å². The van der Waals surface area contributed by atoms with E-state index in [1.807, 2.05) is 50.3 Å². The number of nitrogens with zero attached hydrogens (tertiary/aromatic N) is 4. The Morgan fingerprint density at radius 1 is 1.08 bits per heavy atom. The molecule has 0 aliphatic heterocycles. The van der Waals surface area contributed by atoms with Crippen LogP contribution in [0.25, 0.3) is 16.7 Å². The predicted molar refractivity (Wildman–Crippen MR) is 146 cm³/mol. The van der Waals surface area contributed by atoms with Gasteiger partial charge in [0, 0.05) is 26.1 Å². The molecule has 0 aliphatic carbocycles. The fourth-order valence-corrected chi connectivity index (χ4v) is 4.15. The number of rotatable bonds is 16. The van der Waals surface area contributed by atoms with E-state index in [0.717, 1.165) is 48.3 Å². The predicted octanol–water partition coefficient (Wildman–Crippen LogP) is 4.31. The average Bonchev–Trinajstić information content (AvgIpc) is 3.29. The molecule has 0 radical (unpaired) electrons. The van der Waals surface area contributed by atoms with Gasteiger partial charge in [-0.15, -0.1) is 10.2 Å². The minimum absolute atomic E-state index is 0.00256. The lowest BCUT2D eigenvalue weighted by Crippen LogP contribution is -2.44. The van der Waals surface area contributed by atoms with Gasteiger partial charge in [0.15, 0.2) is 11.6 Å². The topological polar surface area (TPSA) is 129 Å². The molecule has 1 amide bonds. The van der Waals surface area contributed by atoms with Crippen LogP contribution in [0.3, 0.4) is 0 Å².